The van der Waals surface area contributed by atoms with Crippen molar-refractivity contribution in [1.29, 1.82) is 0 Å². The van der Waals surface area contributed by atoms with Gasteiger partial charge in [0.1, 0.15) is 12.0 Å². The number of rotatable bonds is 4. The van der Waals surface area contributed by atoms with Crippen LogP contribution in [0.2, 0.25) is 5.02 Å². The number of carbonyl (C=O) groups excluding carboxylic acids is 1. The fourth-order valence-electron chi connectivity index (χ4n) is 1.21. The third-order valence-corrected chi connectivity index (χ3v) is 2.08. The minimum atomic E-state index is -0.697. The molecule has 90 valence electrons. The van der Waals surface area contributed by atoms with Gasteiger partial charge in [-0.25, -0.2) is 0 Å². The topological polar surface area (TPSA) is 52.3 Å². The van der Waals surface area contributed by atoms with Crippen LogP contribution < -0.4 is 10.5 Å². The van der Waals surface area contributed by atoms with Crippen LogP contribution in [-0.4, -0.2) is 12.4 Å². The summed E-state index contributed by atoms with van der Waals surface area (Å²) in [5.41, 5.74) is 6.25. The lowest BCUT2D eigenvalue weighted by Gasteiger charge is -2.15. The highest BCUT2D eigenvalue weighted by molar-refractivity contribution is 6.30. The van der Waals surface area contributed by atoms with Crippen molar-refractivity contribution in [1.82, 2.24) is 0 Å². The number of hydrogen-bond donors (Lipinski definition) is 1. The Balaban J connectivity index is 0.00000225. The summed E-state index contributed by atoms with van der Waals surface area (Å²) in [5.74, 6) is 0.606. The van der Waals surface area contributed by atoms with Gasteiger partial charge in [-0.05, 0) is 32.0 Å². The quantitative estimate of drug-likeness (QED) is 0.851. The maximum atomic E-state index is 10.6. The maximum absolute atomic E-state index is 10.6. The second kappa shape index (κ2) is 6.74. The third kappa shape index (κ3) is 4.00. The molecule has 0 heterocycles. The first kappa shape index (κ1) is 15.2. The van der Waals surface area contributed by atoms with Crippen LogP contribution in [0.25, 0.3) is 0 Å². The zero-order valence-electron chi connectivity index (χ0n) is 9.14. The Kier molecular flexibility index (Phi) is 6.41. The van der Waals surface area contributed by atoms with E-state index in [-0.39, 0.29) is 18.5 Å². The fraction of sp³-hybridized carbons (Fsp3) is 0.364. The van der Waals surface area contributed by atoms with E-state index in [0.717, 1.165) is 0 Å². The van der Waals surface area contributed by atoms with E-state index in [2.05, 4.69) is 0 Å². The first-order valence-electron chi connectivity index (χ1n) is 4.71. The molecule has 2 N–H and O–H groups in total. The van der Waals surface area contributed by atoms with Crippen LogP contribution in [0.5, 0.6) is 5.75 Å². The summed E-state index contributed by atoms with van der Waals surface area (Å²) in [5, 5.41) is 0.540. The Morgan fingerprint density at radius 1 is 1.44 bits per heavy atom. The fourth-order valence-corrected chi connectivity index (χ4v) is 1.39. The molecule has 1 atom stereocenters. The van der Waals surface area contributed by atoms with E-state index in [1.54, 1.807) is 18.2 Å². The van der Waals surface area contributed by atoms with Crippen molar-refractivity contribution >= 4 is 30.3 Å². The highest BCUT2D eigenvalue weighted by atomic mass is 35.5. The van der Waals surface area contributed by atoms with Gasteiger partial charge in [0.15, 0.2) is 0 Å². The molecule has 0 radical (unpaired) electrons. The average Bonchev–Trinajstić information content (AvgIpc) is 2.19. The Morgan fingerprint density at radius 3 is 2.56 bits per heavy atom. The molecule has 0 saturated carbocycles. The van der Waals surface area contributed by atoms with Gasteiger partial charge in [-0.3, -0.25) is 0 Å². The highest BCUT2D eigenvalue weighted by Crippen LogP contribution is 2.27. The summed E-state index contributed by atoms with van der Waals surface area (Å²) in [6.45, 7) is 3.82. The van der Waals surface area contributed by atoms with Crippen molar-refractivity contribution in [2.24, 2.45) is 5.73 Å². The average molecular weight is 264 g/mol. The van der Waals surface area contributed by atoms with Crippen molar-refractivity contribution < 1.29 is 9.53 Å². The van der Waals surface area contributed by atoms with Gasteiger partial charge in [0.05, 0.1) is 12.1 Å². The molecule has 5 heteroatoms. The van der Waals surface area contributed by atoms with Gasteiger partial charge in [0, 0.05) is 10.6 Å². The standard InChI is InChI=1S/C11H14ClNO2.ClH/c1-7(2)15-11-4-3-8(12)5-9(11)10(13)6-14;/h3-7,10H,13H2,1-2H3;1H. The lowest BCUT2D eigenvalue weighted by atomic mass is 10.1. The normalized spacial score (nSPS) is 11.8. The number of ether oxygens (including phenoxy) is 1. The predicted molar refractivity (Wildman–Crippen MR) is 67.5 cm³/mol. The van der Waals surface area contributed by atoms with Gasteiger partial charge in [-0.2, -0.15) is 0 Å². The van der Waals surface area contributed by atoms with Crippen LogP contribution in [0.3, 0.4) is 0 Å². The van der Waals surface area contributed by atoms with Crippen molar-refractivity contribution in [2.75, 3.05) is 0 Å². The van der Waals surface area contributed by atoms with Crippen LogP contribution in [0.15, 0.2) is 18.2 Å². The van der Waals surface area contributed by atoms with E-state index in [4.69, 9.17) is 22.1 Å². The van der Waals surface area contributed by atoms with E-state index in [1.165, 1.54) is 0 Å². The van der Waals surface area contributed by atoms with E-state index >= 15 is 0 Å². The lowest BCUT2D eigenvalue weighted by Crippen LogP contribution is -2.15. The number of hydrogen-bond acceptors (Lipinski definition) is 3. The van der Waals surface area contributed by atoms with Crippen molar-refractivity contribution in [2.45, 2.75) is 26.0 Å². The zero-order valence-corrected chi connectivity index (χ0v) is 10.7. The van der Waals surface area contributed by atoms with E-state index in [1.807, 2.05) is 13.8 Å². The summed E-state index contributed by atoms with van der Waals surface area (Å²) in [6, 6.07) is 4.39. The van der Waals surface area contributed by atoms with E-state index in [9.17, 15) is 4.79 Å². The predicted octanol–water partition coefficient (Wildman–Crippen LogP) is 2.75. The lowest BCUT2D eigenvalue weighted by molar-refractivity contribution is -0.109. The van der Waals surface area contributed by atoms with E-state index in [0.29, 0.717) is 22.6 Å². The van der Waals surface area contributed by atoms with Crippen LogP contribution in [0, 0.1) is 0 Å². The van der Waals surface area contributed by atoms with Gasteiger partial charge in [-0.15, -0.1) is 12.4 Å². The second-order valence-electron chi connectivity index (χ2n) is 3.51. The first-order chi connectivity index (χ1) is 7.04. The molecule has 0 aliphatic rings. The first-order valence-corrected chi connectivity index (χ1v) is 5.09. The van der Waals surface area contributed by atoms with Crippen molar-refractivity contribution in [3.8, 4) is 5.75 Å². The summed E-state index contributed by atoms with van der Waals surface area (Å²) in [6.07, 6.45) is 0.697. The SMILES string of the molecule is CC(C)Oc1ccc(Cl)cc1C(N)C=O.Cl. The summed E-state index contributed by atoms with van der Waals surface area (Å²) >= 11 is 5.83. The third-order valence-electron chi connectivity index (χ3n) is 1.84. The molecule has 0 saturated heterocycles. The number of halogens is 2. The van der Waals surface area contributed by atoms with Gasteiger partial charge in [0.25, 0.3) is 0 Å². The number of carbonyl (C=O) groups is 1. The van der Waals surface area contributed by atoms with Gasteiger partial charge < -0.3 is 15.3 Å². The van der Waals surface area contributed by atoms with Crippen molar-refractivity contribution in [3.05, 3.63) is 28.8 Å². The molecular formula is C11H15Cl2NO2. The molecule has 0 aliphatic carbocycles. The second-order valence-corrected chi connectivity index (χ2v) is 3.95. The minimum Gasteiger partial charge on any atom is -0.491 e. The smallest absolute Gasteiger partial charge is 0.141 e. The van der Waals surface area contributed by atoms with Gasteiger partial charge in [-0.1, -0.05) is 11.6 Å². The molecule has 1 rings (SSSR count). The summed E-state index contributed by atoms with van der Waals surface area (Å²) in [7, 11) is 0. The summed E-state index contributed by atoms with van der Waals surface area (Å²) in [4.78, 5) is 10.6. The molecule has 0 aliphatic heterocycles. The highest BCUT2D eigenvalue weighted by Gasteiger charge is 2.12. The van der Waals surface area contributed by atoms with Crippen LogP contribution >= 0.6 is 24.0 Å². The van der Waals surface area contributed by atoms with E-state index < -0.39 is 6.04 Å². The van der Waals surface area contributed by atoms with Crippen molar-refractivity contribution in [3.63, 3.8) is 0 Å². The van der Waals surface area contributed by atoms with Crippen LogP contribution in [0.1, 0.15) is 25.5 Å². The van der Waals surface area contributed by atoms with Crippen LogP contribution in [0.4, 0.5) is 0 Å². The molecule has 16 heavy (non-hydrogen) atoms. The molecule has 1 unspecified atom stereocenters. The van der Waals surface area contributed by atoms with Gasteiger partial charge in [0.2, 0.25) is 0 Å². The number of benzene rings is 1. The molecule has 3 nitrogen and oxygen atoms in total. The Labute approximate surface area is 106 Å². The molecule has 0 fully saturated rings. The molecule has 1 aromatic rings. The Bertz CT molecular complexity index is 356. The van der Waals surface area contributed by atoms with Crippen LogP contribution in [-0.2, 0) is 4.79 Å². The maximum Gasteiger partial charge on any atom is 0.141 e. The monoisotopic (exact) mass is 263 g/mol. The summed E-state index contributed by atoms with van der Waals surface area (Å²) < 4.78 is 5.53. The Morgan fingerprint density at radius 2 is 2.06 bits per heavy atom. The largest absolute Gasteiger partial charge is 0.491 e. The van der Waals surface area contributed by atoms with Gasteiger partial charge >= 0.3 is 0 Å². The number of aldehydes is 1. The molecule has 0 bridgehead atoms. The molecular weight excluding hydrogens is 249 g/mol. The minimum absolute atomic E-state index is 0. The number of nitrogens with two attached hydrogens (primary N) is 1. The zero-order chi connectivity index (χ0) is 11.4. The Hall–Kier alpha value is -0.770. The molecule has 0 amide bonds. The molecule has 0 aromatic heterocycles. The molecule has 1 aromatic carbocycles. The molecule has 0 spiro atoms.